The average molecular weight is 342 g/mol. The first kappa shape index (κ1) is 17.8. The van der Waals surface area contributed by atoms with Crippen LogP contribution in [0.3, 0.4) is 0 Å². The standard InChI is InChI=1S/C20H30N4O/c1-3-15-7-5-9-18-16(13-23-19(15)18)10-11-22-20(21-4-2)24-14-17-8-6-12-25-17/h5,7,9,13,17,23H,3-4,6,8,10-12,14H2,1-2H3,(H2,21,22,24). The molecule has 0 radical (unpaired) electrons. The van der Waals surface area contributed by atoms with Crippen LogP contribution in [0.5, 0.6) is 0 Å². The lowest BCUT2D eigenvalue weighted by Gasteiger charge is -2.12. The third-order valence-electron chi connectivity index (χ3n) is 4.78. The molecule has 1 fully saturated rings. The highest BCUT2D eigenvalue weighted by atomic mass is 16.5. The van der Waals surface area contributed by atoms with Gasteiger partial charge in [0.25, 0.3) is 0 Å². The fourth-order valence-electron chi connectivity index (χ4n) is 3.42. The summed E-state index contributed by atoms with van der Waals surface area (Å²) < 4.78 is 5.65. The molecule has 0 saturated carbocycles. The molecule has 0 bridgehead atoms. The number of H-pyrrole nitrogens is 1. The molecule has 3 rings (SSSR count). The topological polar surface area (TPSA) is 61.4 Å². The van der Waals surface area contributed by atoms with E-state index in [1.54, 1.807) is 0 Å². The van der Waals surface area contributed by atoms with Gasteiger partial charge in [0.05, 0.1) is 12.6 Å². The predicted octanol–water partition coefficient (Wildman–Crippen LogP) is 3.01. The van der Waals surface area contributed by atoms with Crippen LogP contribution in [0, 0.1) is 0 Å². The molecular weight excluding hydrogens is 312 g/mol. The van der Waals surface area contributed by atoms with Crippen molar-refractivity contribution in [2.24, 2.45) is 4.99 Å². The van der Waals surface area contributed by atoms with Crippen LogP contribution in [0.15, 0.2) is 29.4 Å². The summed E-state index contributed by atoms with van der Waals surface area (Å²) in [6.45, 7) is 7.64. The molecule has 2 heterocycles. The van der Waals surface area contributed by atoms with Crippen molar-refractivity contribution in [3.05, 3.63) is 35.5 Å². The molecule has 25 heavy (non-hydrogen) atoms. The Bertz CT molecular complexity index is 701. The maximum Gasteiger partial charge on any atom is 0.191 e. The number of guanidine groups is 1. The van der Waals surface area contributed by atoms with Crippen molar-refractivity contribution in [3.8, 4) is 0 Å². The third kappa shape index (κ3) is 4.54. The molecule has 2 aromatic rings. The quantitative estimate of drug-likeness (QED) is 0.535. The zero-order chi connectivity index (χ0) is 17.5. The van der Waals surface area contributed by atoms with E-state index in [0.717, 1.165) is 57.9 Å². The maximum absolute atomic E-state index is 5.65. The smallest absolute Gasteiger partial charge is 0.191 e. The molecule has 5 nitrogen and oxygen atoms in total. The molecule has 1 saturated heterocycles. The minimum absolute atomic E-state index is 0.288. The number of benzene rings is 1. The third-order valence-corrected chi connectivity index (χ3v) is 4.78. The number of rotatable bonds is 7. The average Bonchev–Trinajstić information content (AvgIpc) is 3.29. The Morgan fingerprint density at radius 3 is 2.96 bits per heavy atom. The molecular formula is C20H30N4O. The zero-order valence-electron chi connectivity index (χ0n) is 15.4. The van der Waals surface area contributed by atoms with Gasteiger partial charge >= 0.3 is 0 Å². The Balaban J connectivity index is 1.57. The second-order valence-electron chi connectivity index (χ2n) is 6.54. The molecule has 1 atom stereocenters. The summed E-state index contributed by atoms with van der Waals surface area (Å²) in [7, 11) is 0. The number of nitrogens with zero attached hydrogens (tertiary/aromatic N) is 1. The van der Waals surface area contributed by atoms with Crippen LogP contribution in [-0.4, -0.2) is 43.3 Å². The molecule has 0 amide bonds. The highest BCUT2D eigenvalue weighted by Gasteiger charge is 2.14. The van der Waals surface area contributed by atoms with Crippen LogP contribution >= 0.6 is 0 Å². The van der Waals surface area contributed by atoms with Crippen molar-refractivity contribution in [3.63, 3.8) is 0 Å². The molecule has 1 aromatic carbocycles. The van der Waals surface area contributed by atoms with E-state index in [-0.39, 0.29) is 6.10 Å². The highest BCUT2D eigenvalue weighted by molar-refractivity contribution is 5.86. The lowest BCUT2D eigenvalue weighted by atomic mass is 10.1. The lowest BCUT2D eigenvalue weighted by Crippen LogP contribution is -2.38. The van der Waals surface area contributed by atoms with Gasteiger partial charge in [-0.1, -0.05) is 25.1 Å². The number of aromatic amines is 1. The Kier molecular flexibility index (Phi) is 6.34. The van der Waals surface area contributed by atoms with Gasteiger partial charge < -0.3 is 20.4 Å². The van der Waals surface area contributed by atoms with Crippen LogP contribution in [0.4, 0.5) is 0 Å². The fraction of sp³-hybridized carbons (Fsp3) is 0.550. The van der Waals surface area contributed by atoms with Gasteiger partial charge in [-0.3, -0.25) is 4.99 Å². The first-order valence-electron chi connectivity index (χ1n) is 9.53. The van der Waals surface area contributed by atoms with E-state index in [1.165, 1.54) is 22.0 Å². The Hall–Kier alpha value is -2.01. The van der Waals surface area contributed by atoms with Gasteiger partial charge in [-0.15, -0.1) is 0 Å². The van der Waals surface area contributed by atoms with Crippen LogP contribution in [-0.2, 0) is 17.6 Å². The number of nitrogens with one attached hydrogen (secondary N) is 3. The number of aliphatic imine (C=N–C) groups is 1. The summed E-state index contributed by atoms with van der Waals surface area (Å²) in [5.74, 6) is 0.882. The van der Waals surface area contributed by atoms with Gasteiger partial charge in [0.2, 0.25) is 0 Å². The molecule has 136 valence electrons. The van der Waals surface area contributed by atoms with Crippen molar-refractivity contribution < 1.29 is 4.74 Å². The highest BCUT2D eigenvalue weighted by Crippen LogP contribution is 2.22. The van der Waals surface area contributed by atoms with Crippen molar-refractivity contribution in [2.45, 2.75) is 45.6 Å². The SMILES string of the molecule is CCNC(=NCC1CCCO1)NCCc1c[nH]c2c(CC)cccc12. The summed E-state index contributed by atoms with van der Waals surface area (Å²) in [5, 5.41) is 8.10. The number of para-hydroxylation sites is 1. The molecule has 1 aromatic heterocycles. The molecule has 1 aliphatic heterocycles. The van der Waals surface area contributed by atoms with Crippen molar-refractivity contribution in [1.82, 2.24) is 15.6 Å². The summed E-state index contributed by atoms with van der Waals surface area (Å²) in [6.07, 6.45) is 6.73. The number of aromatic nitrogens is 1. The van der Waals surface area contributed by atoms with E-state index in [0.29, 0.717) is 0 Å². The molecule has 5 heteroatoms. The van der Waals surface area contributed by atoms with Crippen LogP contribution in [0.1, 0.15) is 37.8 Å². The summed E-state index contributed by atoms with van der Waals surface area (Å²) in [5.41, 5.74) is 4.01. The molecule has 1 unspecified atom stereocenters. The summed E-state index contributed by atoms with van der Waals surface area (Å²) >= 11 is 0. The largest absolute Gasteiger partial charge is 0.376 e. The van der Waals surface area contributed by atoms with Crippen LogP contribution < -0.4 is 10.6 Å². The molecule has 0 aliphatic carbocycles. The number of hydrogen-bond acceptors (Lipinski definition) is 2. The normalized spacial score (nSPS) is 18.0. The summed E-state index contributed by atoms with van der Waals surface area (Å²) in [6, 6.07) is 6.55. The first-order chi connectivity index (χ1) is 12.3. The van der Waals surface area contributed by atoms with E-state index in [4.69, 9.17) is 4.74 Å². The van der Waals surface area contributed by atoms with Crippen LogP contribution in [0.25, 0.3) is 10.9 Å². The van der Waals surface area contributed by atoms with Gasteiger partial charge in [-0.05, 0) is 43.7 Å². The fourth-order valence-corrected chi connectivity index (χ4v) is 3.42. The first-order valence-corrected chi connectivity index (χ1v) is 9.53. The molecule has 0 spiro atoms. The summed E-state index contributed by atoms with van der Waals surface area (Å²) in [4.78, 5) is 8.11. The van der Waals surface area contributed by atoms with E-state index < -0.39 is 0 Å². The van der Waals surface area contributed by atoms with Gasteiger partial charge in [0.1, 0.15) is 0 Å². The Morgan fingerprint density at radius 1 is 1.28 bits per heavy atom. The zero-order valence-corrected chi connectivity index (χ0v) is 15.4. The van der Waals surface area contributed by atoms with Gasteiger partial charge in [-0.2, -0.15) is 0 Å². The number of fused-ring (bicyclic) bond motifs is 1. The van der Waals surface area contributed by atoms with E-state index in [1.807, 2.05) is 0 Å². The lowest BCUT2D eigenvalue weighted by molar-refractivity contribution is 0.117. The van der Waals surface area contributed by atoms with Crippen LogP contribution in [0.2, 0.25) is 0 Å². The van der Waals surface area contributed by atoms with Crippen molar-refractivity contribution in [1.29, 1.82) is 0 Å². The minimum Gasteiger partial charge on any atom is -0.376 e. The van der Waals surface area contributed by atoms with Gasteiger partial charge in [0.15, 0.2) is 5.96 Å². The second kappa shape index (κ2) is 8.90. The second-order valence-corrected chi connectivity index (χ2v) is 6.54. The number of ether oxygens (including phenoxy) is 1. The Morgan fingerprint density at radius 2 is 2.20 bits per heavy atom. The van der Waals surface area contributed by atoms with E-state index >= 15 is 0 Å². The van der Waals surface area contributed by atoms with E-state index in [2.05, 4.69) is 58.9 Å². The Labute approximate surface area is 150 Å². The number of hydrogen-bond donors (Lipinski definition) is 3. The molecule has 3 N–H and O–H groups in total. The molecule has 1 aliphatic rings. The van der Waals surface area contributed by atoms with Crippen molar-refractivity contribution >= 4 is 16.9 Å². The predicted molar refractivity (Wildman–Crippen MR) is 104 cm³/mol. The van der Waals surface area contributed by atoms with E-state index in [9.17, 15) is 0 Å². The monoisotopic (exact) mass is 342 g/mol. The maximum atomic E-state index is 5.65. The minimum atomic E-state index is 0.288. The van der Waals surface area contributed by atoms with Crippen molar-refractivity contribution in [2.75, 3.05) is 26.2 Å². The number of aryl methyl sites for hydroxylation is 1. The van der Waals surface area contributed by atoms with Gasteiger partial charge in [-0.25, -0.2) is 0 Å². The van der Waals surface area contributed by atoms with Gasteiger partial charge in [0, 0.05) is 36.8 Å².